The van der Waals surface area contributed by atoms with Gasteiger partial charge in [0, 0.05) is 6.04 Å². The Bertz CT molecular complexity index is 272. The van der Waals surface area contributed by atoms with Crippen LogP contribution in [0.5, 0.6) is 0 Å². The van der Waals surface area contributed by atoms with E-state index < -0.39 is 0 Å². The number of hydrogen-bond donors (Lipinski definition) is 1. The summed E-state index contributed by atoms with van der Waals surface area (Å²) in [6, 6.07) is 4.59. The first-order valence-electron chi connectivity index (χ1n) is 6.75. The van der Waals surface area contributed by atoms with Crippen LogP contribution in [-0.2, 0) is 6.54 Å². The lowest BCUT2D eigenvalue weighted by atomic mass is 10.2. The van der Waals surface area contributed by atoms with Gasteiger partial charge in [-0.2, -0.15) is 0 Å². The van der Waals surface area contributed by atoms with Gasteiger partial charge in [-0.3, -0.25) is 4.90 Å². The predicted octanol–water partition coefficient (Wildman–Crippen LogP) is 2.88. The average molecular weight is 238 g/mol. The first-order valence-corrected chi connectivity index (χ1v) is 6.75. The molecular weight excluding hydrogens is 212 g/mol. The molecule has 0 saturated heterocycles. The molecule has 0 aliphatic heterocycles. The van der Waals surface area contributed by atoms with Crippen molar-refractivity contribution >= 4 is 0 Å². The summed E-state index contributed by atoms with van der Waals surface area (Å²) < 4.78 is 5.40. The Morgan fingerprint density at radius 3 is 2.76 bits per heavy atom. The van der Waals surface area contributed by atoms with Crippen molar-refractivity contribution in [3.05, 3.63) is 24.2 Å². The fourth-order valence-electron chi connectivity index (χ4n) is 1.98. The topological polar surface area (TPSA) is 28.4 Å². The van der Waals surface area contributed by atoms with E-state index in [0.29, 0.717) is 6.04 Å². The van der Waals surface area contributed by atoms with Crippen LogP contribution in [0.15, 0.2) is 22.8 Å². The lowest BCUT2D eigenvalue weighted by Gasteiger charge is -2.27. The molecular formula is C14H26N2O. The molecule has 1 aromatic rings. The minimum Gasteiger partial charge on any atom is -0.468 e. The molecule has 3 nitrogen and oxygen atoms in total. The third kappa shape index (κ3) is 5.37. The molecule has 0 saturated carbocycles. The van der Waals surface area contributed by atoms with Crippen LogP contribution in [0.1, 0.15) is 39.4 Å². The highest BCUT2D eigenvalue weighted by Gasteiger charge is 2.13. The van der Waals surface area contributed by atoms with Crippen molar-refractivity contribution in [1.29, 1.82) is 0 Å². The summed E-state index contributed by atoms with van der Waals surface area (Å²) in [4.78, 5) is 2.45. The molecule has 0 aliphatic rings. The minimum absolute atomic E-state index is 0.592. The summed E-state index contributed by atoms with van der Waals surface area (Å²) in [6.07, 6.45) is 4.14. The molecule has 1 N–H and O–H groups in total. The van der Waals surface area contributed by atoms with Crippen LogP contribution in [0.25, 0.3) is 0 Å². The van der Waals surface area contributed by atoms with E-state index in [1.165, 1.54) is 12.8 Å². The van der Waals surface area contributed by atoms with Gasteiger partial charge in [-0.25, -0.2) is 0 Å². The maximum Gasteiger partial charge on any atom is 0.117 e. The summed E-state index contributed by atoms with van der Waals surface area (Å²) in [5.41, 5.74) is 0. The zero-order chi connectivity index (χ0) is 12.5. The van der Waals surface area contributed by atoms with E-state index in [2.05, 4.69) is 31.0 Å². The first kappa shape index (κ1) is 14.3. The summed E-state index contributed by atoms with van der Waals surface area (Å²) in [5, 5.41) is 3.45. The van der Waals surface area contributed by atoms with Crippen LogP contribution in [0, 0.1) is 0 Å². The van der Waals surface area contributed by atoms with E-state index >= 15 is 0 Å². The Morgan fingerprint density at radius 2 is 2.18 bits per heavy atom. The van der Waals surface area contributed by atoms with Crippen LogP contribution in [0.3, 0.4) is 0 Å². The maximum absolute atomic E-state index is 5.40. The second-order valence-electron chi connectivity index (χ2n) is 4.53. The van der Waals surface area contributed by atoms with Gasteiger partial charge in [0.25, 0.3) is 0 Å². The molecule has 0 amide bonds. The average Bonchev–Trinajstić information content (AvgIpc) is 2.84. The van der Waals surface area contributed by atoms with E-state index in [9.17, 15) is 0 Å². The van der Waals surface area contributed by atoms with Crippen LogP contribution in [0.4, 0.5) is 0 Å². The monoisotopic (exact) mass is 238 g/mol. The van der Waals surface area contributed by atoms with Crippen LogP contribution >= 0.6 is 0 Å². The molecule has 0 radical (unpaired) electrons. The lowest BCUT2D eigenvalue weighted by Crippen LogP contribution is -2.34. The van der Waals surface area contributed by atoms with Gasteiger partial charge in [0.15, 0.2) is 0 Å². The molecule has 0 aromatic carbocycles. The standard InChI is InChI=1S/C14H26N2O/c1-4-9-15-10-8-13(3)16(5-2)12-14-7-6-11-17-14/h6-7,11,13,15H,4-5,8-10,12H2,1-3H3. The Hall–Kier alpha value is -0.800. The van der Waals surface area contributed by atoms with Crippen molar-refractivity contribution in [3.63, 3.8) is 0 Å². The number of rotatable bonds is 9. The maximum atomic E-state index is 5.40. The molecule has 1 atom stereocenters. The quantitative estimate of drug-likeness (QED) is 0.671. The van der Waals surface area contributed by atoms with E-state index in [1.54, 1.807) is 6.26 Å². The number of nitrogens with one attached hydrogen (secondary N) is 1. The van der Waals surface area contributed by atoms with Crippen molar-refractivity contribution < 1.29 is 4.42 Å². The Balaban J connectivity index is 2.28. The SMILES string of the molecule is CCCNCCC(C)N(CC)Cc1ccco1. The fourth-order valence-corrected chi connectivity index (χ4v) is 1.98. The molecule has 0 fully saturated rings. The van der Waals surface area contributed by atoms with E-state index in [0.717, 1.165) is 31.9 Å². The second kappa shape index (κ2) is 8.31. The van der Waals surface area contributed by atoms with Crippen LogP contribution < -0.4 is 5.32 Å². The second-order valence-corrected chi connectivity index (χ2v) is 4.53. The van der Waals surface area contributed by atoms with Crippen molar-refractivity contribution in [2.75, 3.05) is 19.6 Å². The van der Waals surface area contributed by atoms with Gasteiger partial charge in [-0.15, -0.1) is 0 Å². The fraction of sp³-hybridized carbons (Fsp3) is 0.714. The Kier molecular flexibility index (Phi) is 6.97. The summed E-state index contributed by atoms with van der Waals surface area (Å²) in [5.74, 6) is 1.06. The van der Waals surface area contributed by atoms with Gasteiger partial charge in [-0.1, -0.05) is 13.8 Å². The molecule has 1 rings (SSSR count). The highest BCUT2D eigenvalue weighted by molar-refractivity contribution is 4.98. The van der Waals surface area contributed by atoms with E-state index in [1.807, 2.05) is 12.1 Å². The Morgan fingerprint density at radius 1 is 1.35 bits per heavy atom. The van der Waals surface area contributed by atoms with E-state index in [-0.39, 0.29) is 0 Å². The molecule has 0 spiro atoms. The van der Waals surface area contributed by atoms with Gasteiger partial charge in [0.1, 0.15) is 5.76 Å². The predicted molar refractivity (Wildman–Crippen MR) is 72.0 cm³/mol. The molecule has 0 aliphatic carbocycles. The van der Waals surface area contributed by atoms with Gasteiger partial charge >= 0.3 is 0 Å². The third-order valence-electron chi connectivity index (χ3n) is 3.13. The van der Waals surface area contributed by atoms with Gasteiger partial charge in [0.05, 0.1) is 12.8 Å². The smallest absolute Gasteiger partial charge is 0.117 e. The largest absolute Gasteiger partial charge is 0.468 e. The van der Waals surface area contributed by atoms with Crippen molar-refractivity contribution in [2.45, 2.75) is 46.2 Å². The summed E-state index contributed by atoms with van der Waals surface area (Å²) in [7, 11) is 0. The van der Waals surface area contributed by atoms with Crippen molar-refractivity contribution in [1.82, 2.24) is 10.2 Å². The zero-order valence-corrected chi connectivity index (χ0v) is 11.4. The van der Waals surface area contributed by atoms with Crippen molar-refractivity contribution in [3.8, 4) is 0 Å². The molecule has 0 bridgehead atoms. The normalized spacial score (nSPS) is 13.2. The lowest BCUT2D eigenvalue weighted by molar-refractivity contribution is 0.186. The summed E-state index contributed by atoms with van der Waals surface area (Å²) >= 11 is 0. The third-order valence-corrected chi connectivity index (χ3v) is 3.13. The Labute approximate surface area is 105 Å². The van der Waals surface area contributed by atoms with E-state index in [4.69, 9.17) is 4.42 Å². The number of nitrogens with zero attached hydrogens (tertiary/aromatic N) is 1. The van der Waals surface area contributed by atoms with Gasteiger partial charge in [-0.05, 0) is 51.5 Å². The number of hydrogen-bond acceptors (Lipinski definition) is 3. The summed E-state index contributed by atoms with van der Waals surface area (Å²) in [6.45, 7) is 10.9. The highest BCUT2D eigenvalue weighted by atomic mass is 16.3. The molecule has 3 heteroatoms. The molecule has 1 unspecified atom stereocenters. The number of furan rings is 1. The molecule has 17 heavy (non-hydrogen) atoms. The first-order chi connectivity index (χ1) is 8.27. The minimum atomic E-state index is 0.592. The van der Waals surface area contributed by atoms with Gasteiger partial charge in [0.2, 0.25) is 0 Å². The highest BCUT2D eigenvalue weighted by Crippen LogP contribution is 2.10. The molecule has 1 heterocycles. The van der Waals surface area contributed by atoms with Crippen molar-refractivity contribution in [2.24, 2.45) is 0 Å². The molecule has 1 aromatic heterocycles. The van der Waals surface area contributed by atoms with Crippen LogP contribution in [0.2, 0.25) is 0 Å². The van der Waals surface area contributed by atoms with Gasteiger partial charge < -0.3 is 9.73 Å². The zero-order valence-electron chi connectivity index (χ0n) is 11.4. The molecule has 98 valence electrons. The van der Waals surface area contributed by atoms with Crippen LogP contribution in [-0.4, -0.2) is 30.6 Å².